The van der Waals surface area contributed by atoms with Crippen LogP contribution in [0.25, 0.3) is 6.08 Å². The molecule has 1 saturated heterocycles. The maximum atomic E-state index is 13.4. The molecule has 3 amide bonds. The van der Waals surface area contributed by atoms with Crippen molar-refractivity contribution in [3.05, 3.63) is 124 Å². The molecule has 1 aliphatic heterocycles. The fraction of sp³-hybridized carbons (Fsp3) is 0.154. The fourth-order valence-corrected chi connectivity index (χ4v) is 5.92. The zero-order chi connectivity index (χ0) is 38.5. The van der Waals surface area contributed by atoms with Gasteiger partial charge in [0.1, 0.15) is 11.5 Å². The highest BCUT2D eigenvalue weighted by molar-refractivity contribution is 8.26. The quantitative estimate of drug-likeness (QED) is 0.0604. The minimum absolute atomic E-state index is 0.195. The molecule has 15 heteroatoms. The van der Waals surface area contributed by atoms with Gasteiger partial charge in [0.2, 0.25) is 0 Å². The number of thioether (sulfide) groups is 1. The van der Waals surface area contributed by atoms with Gasteiger partial charge < -0.3 is 29.6 Å². The Balaban J connectivity index is 1.17. The average molecular weight is 767 g/mol. The van der Waals surface area contributed by atoms with Gasteiger partial charge >= 0.3 is 11.9 Å². The predicted octanol–water partition coefficient (Wildman–Crippen LogP) is 6.31. The van der Waals surface area contributed by atoms with Gasteiger partial charge in [0, 0.05) is 22.5 Å². The topological polar surface area (TPSA) is 162 Å². The van der Waals surface area contributed by atoms with Crippen molar-refractivity contribution < 1.29 is 42.9 Å². The number of amides is 3. The summed E-state index contributed by atoms with van der Waals surface area (Å²) in [4.78, 5) is 62.6. The maximum Gasteiger partial charge on any atom is 0.338 e. The summed E-state index contributed by atoms with van der Waals surface area (Å²) in [5.41, 5.74) is 2.72. The van der Waals surface area contributed by atoms with Gasteiger partial charge in [0.25, 0.3) is 17.7 Å². The van der Waals surface area contributed by atoms with E-state index in [0.717, 1.165) is 16.8 Å². The lowest BCUT2D eigenvalue weighted by molar-refractivity contribution is -0.122. The second-order valence-electron chi connectivity index (χ2n) is 11.1. The third-order valence-electron chi connectivity index (χ3n) is 7.29. The van der Waals surface area contributed by atoms with Crippen molar-refractivity contribution in [2.75, 3.05) is 37.1 Å². The molecule has 1 aliphatic rings. The van der Waals surface area contributed by atoms with E-state index < -0.39 is 29.7 Å². The highest BCUT2D eigenvalue weighted by Crippen LogP contribution is 2.34. The van der Waals surface area contributed by atoms with Gasteiger partial charge in [0.05, 0.1) is 35.5 Å². The highest BCUT2D eigenvalue weighted by atomic mass is 32.2. The van der Waals surface area contributed by atoms with E-state index in [2.05, 4.69) is 15.7 Å². The molecule has 0 aromatic heterocycles. The Morgan fingerprint density at radius 2 is 1.17 bits per heavy atom. The molecule has 0 atom stereocenters. The number of nitrogens with one attached hydrogen (secondary N) is 2. The largest absolute Gasteiger partial charge is 0.483 e. The van der Waals surface area contributed by atoms with Crippen LogP contribution >= 0.6 is 24.0 Å². The highest BCUT2D eigenvalue weighted by Gasteiger charge is 2.32. The smallest absolute Gasteiger partial charge is 0.338 e. The normalized spacial score (nSPS) is 13.1. The summed E-state index contributed by atoms with van der Waals surface area (Å²) in [6.45, 7) is 3.32. The maximum absolute atomic E-state index is 13.4. The number of carbonyl (C=O) groups is 5. The minimum Gasteiger partial charge on any atom is -0.483 e. The molecule has 0 radical (unpaired) electrons. The van der Waals surface area contributed by atoms with E-state index >= 15 is 0 Å². The lowest BCUT2D eigenvalue weighted by Gasteiger charge is -2.11. The minimum atomic E-state index is -0.466. The Morgan fingerprint density at radius 1 is 0.704 bits per heavy atom. The molecule has 4 aromatic rings. The number of benzene rings is 4. The molecule has 13 nitrogen and oxygen atoms in total. The van der Waals surface area contributed by atoms with Gasteiger partial charge in [-0.1, -0.05) is 42.1 Å². The lowest BCUT2D eigenvalue weighted by Crippen LogP contribution is -2.22. The van der Waals surface area contributed by atoms with Crippen LogP contribution in [0.5, 0.6) is 11.5 Å². The van der Waals surface area contributed by atoms with E-state index in [9.17, 15) is 24.0 Å². The number of ether oxygens (including phenoxy) is 4. The first kappa shape index (κ1) is 38.9. The molecule has 0 aliphatic carbocycles. The number of hydrazone groups is 1. The van der Waals surface area contributed by atoms with Crippen molar-refractivity contribution in [2.24, 2.45) is 5.10 Å². The van der Waals surface area contributed by atoms with Crippen LogP contribution in [0.3, 0.4) is 0 Å². The van der Waals surface area contributed by atoms with Gasteiger partial charge in [-0.2, -0.15) is 10.1 Å². The zero-order valence-electron chi connectivity index (χ0n) is 29.1. The Labute approximate surface area is 320 Å². The number of carbonyl (C=O) groups excluding carboxylic acids is 5. The van der Waals surface area contributed by atoms with Gasteiger partial charge in [-0.05, 0) is 98.9 Å². The summed E-state index contributed by atoms with van der Waals surface area (Å²) in [6, 6.07) is 26.3. The number of para-hydroxylation sites is 2. The Bertz CT molecular complexity index is 2100. The molecule has 0 saturated carbocycles. The van der Waals surface area contributed by atoms with E-state index in [4.69, 9.17) is 31.2 Å². The molecular formula is C39H34N4O9S2. The number of rotatable bonds is 15. The summed E-state index contributed by atoms with van der Waals surface area (Å²) in [7, 11) is 0. The molecule has 276 valence electrons. The number of nitrogens with zero attached hydrogens (tertiary/aromatic N) is 2. The second-order valence-corrected chi connectivity index (χ2v) is 12.8. The van der Waals surface area contributed by atoms with E-state index in [1.165, 1.54) is 6.21 Å². The summed E-state index contributed by atoms with van der Waals surface area (Å²) < 4.78 is 21.7. The summed E-state index contributed by atoms with van der Waals surface area (Å²) in [5, 5.41) is 10.8. The number of anilines is 2. The van der Waals surface area contributed by atoms with Gasteiger partial charge in [0.15, 0.2) is 17.5 Å². The van der Waals surface area contributed by atoms with Crippen molar-refractivity contribution in [3.8, 4) is 11.5 Å². The molecule has 5 rings (SSSR count). The molecule has 0 unspecified atom stereocenters. The summed E-state index contributed by atoms with van der Waals surface area (Å²) in [6.07, 6.45) is 3.02. The molecule has 0 bridgehead atoms. The van der Waals surface area contributed by atoms with E-state index in [1.807, 2.05) is 0 Å². The van der Waals surface area contributed by atoms with Crippen LogP contribution in [0.4, 0.5) is 11.4 Å². The van der Waals surface area contributed by atoms with Crippen LogP contribution < -0.4 is 20.1 Å². The van der Waals surface area contributed by atoms with Crippen LogP contribution in [0, 0.1) is 0 Å². The second kappa shape index (κ2) is 19.0. The average Bonchev–Trinajstić information content (AvgIpc) is 3.44. The molecule has 1 heterocycles. The van der Waals surface area contributed by atoms with Gasteiger partial charge in [-0.15, -0.1) is 0 Å². The number of thiocarbonyl (C=S) groups is 1. The van der Waals surface area contributed by atoms with Crippen molar-refractivity contribution in [2.45, 2.75) is 13.8 Å². The molecule has 54 heavy (non-hydrogen) atoms. The van der Waals surface area contributed by atoms with Gasteiger partial charge in [-0.3, -0.25) is 14.4 Å². The van der Waals surface area contributed by atoms with Crippen LogP contribution in [0.15, 0.2) is 107 Å². The van der Waals surface area contributed by atoms with Crippen molar-refractivity contribution in [1.29, 1.82) is 0 Å². The zero-order valence-corrected chi connectivity index (χ0v) is 30.7. The van der Waals surface area contributed by atoms with E-state index in [-0.39, 0.29) is 35.7 Å². The molecule has 2 N–H and O–H groups in total. The third-order valence-corrected chi connectivity index (χ3v) is 8.57. The van der Waals surface area contributed by atoms with Crippen LogP contribution in [0.1, 0.15) is 45.7 Å². The SMILES string of the molecule is CCOC(=O)c1ccc(NC(=O)COc2ccccc2C=NN2C(=O)C(=Cc3ccccc3OCC(=O)Nc3ccc(C(=O)OCC)cc3)SC2=S)cc1. The van der Waals surface area contributed by atoms with E-state index in [1.54, 1.807) is 117 Å². The summed E-state index contributed by atoms with van der Waals surface area (Å²) in [5.74, 6) is -1.52. The summed E-state index contributed by atoms with van der Waals surface area (Å²) >= 11 is 6.51. The number of esters is 2. The molecule has 4 aromatic carbocycles. The Kier molecular flexibility index (Phi) is 13.7. The van der Waals surface area contributed by atoms with Crippen molar-refractivity contribution in [1.82, 2.24) is 5.01 Å². The molecule has 1 fully saturated rings. The number of hydrogen-bond donors (Lipinski definition) is 2. The Hall–Kier alpha value is -6.32. The van der Waals surface area contributed by atoms with Crippen molar-refractivity contribution >= 4 is 81.6 Å². The first-order chi connectivity index (χ1) is 26.1. The van der Waals surface area contributed by atoms with Crippen LogP contribution in [-0.4, -0.2) is 71.6 Å². The van der Waals surface area contributed by atoms with Crippen LogP contribution in [-0.2, 0) is 23.9 Å². The molecule has 0 spiro atoms. The molecular weight excluding hydrogens is 733 g/mol. The van der Waals surface area contributed by atoms with Crippen molar-refractivity contribution in [3.63, 3.8) is 0 Å². The first-order valence-electron chi connectivity index (χ1n) is 16.5. The number of hydrogen-bond acceptors (Lipinski definition) is 12. The van der Waals surface area contributed by atoms with Crippen LogP contribution in [0.2, 0.25) is 0 Å². The van der Waals surface area contributed by atoms with E-state index in [0.29, 0.717) is 45.1 Å². The monoisotopic (exact) mass is 766 g/mol. The fourth-order valence-electron chi connectivity index (χ4n) is 4.76. The predicted molar refractivity (Wildman–Crippen MR) is 209 cm³/mol. The third kappa shape index (κ3) is 10.6. The first-order valence-corrected chi connectivity index (χ1v) is 17.8. The Morgan fingerprint density at radius 3 is 1.67 bits per heavy atom. The standard InChI is InChI=1S/C39H34N4O9S2/c1-3-49-37(47)25-13-17-29(18-14-25)41-34(44)23-51-31-11-7-5-9-27(31)21-33-36(46)43(39(53)54-33)40-22-28-10-6-8-12-32(28)52-24-35(45)42-30-19-15-26(16-20-30)38(48)50-4-2/h5-22H,3-4,23-24H2,1-2H3,(H,41,44)(H,42,45). The van der Waals surface area contributed by atoms with Gasteiger partial charge in [-0.25, -0.2) is 9.59 Å². The lowest BCUT2D eigenvalue weighted by atomic mass is 10.2.